The summed E-state index contributed by atoms with van der Waals surface area (Å²) < 4.78 is 32.7. The molecule has 0 spiro atoms. The van der Waals surface area contributed by atoms with E-state index < -0.39 is 65.6 Å². The Labute approximate surface area is 276 Å². The monoisotopic (exact) mass is 672 g/mol. The zero-order chi connectivity index (χ0) is 36.4. The molecule has 15 heteroatoms. The van der Waals surface area contributed by atoms with Gasteiger partial charge < -0.3 is 38.5 Å². The molecule has 3 aromatic rings. The number of carboxylic acid groups (broad SMARTS) is 1. The maximum Gasteiger partial charge on any atom is 0.514 e. The normalized spacial score (nSPS) is 12.5. The van der Waals surface area contributed by atoms with Gasteiger partial charge in [-0.1, -0.05) is 24.3 Å². The third kappa shape index (κ3) is 9.59. The van der Waals surface area contributed by atoms with Gasteiger partial charge in [0.25, 0.3) is 0 Å². The van der Waals surface area contributed by atoms with Crippen LogP contribution in [-0.2, 0) is 19.0 Å². The summed E-state index contributed by atoms with van der Waals surface area (Å²) in [5.41, 5.74) is -3.22. The number of carboxylic acids is 1. The van der Waals surface area contributed by atoms with Crippen LogP contribution in [0.2, 0.25) is 0 Å². The summed E-state index contributed by atoms with van der Waals surface area (Å²) in [5, 5.41) is 12.8. The Morgan fingerprint density at radius 1 is 0.771 bits per heavy atom. The number of aliphatic carboxylic acids is 1. The van der Waals surface area contributed by atoms with Crippen molar-refractivity contribution in [3.8, 4) is 11.5 Å². The molecule has 1 heterocycles. The second kappa shape index (κ2) is 13.8. The topological polar surface area (TPSA) is 197 Å². The lowest BCUT2D eigenvalue weighted by Gasteiger charge is -2.31. The SMILES string of the molecule is CC(=O)c1cc2c(OC(=O)NCC(C(=O)O)N(C(=O)OC(C)(C)C)C(=O)OC(C)(C)C)c3ccccc3c(OC(=O)OC(C)(C)C)c2o1. The first-order valence-electron chi connectivity index (χ1n) is 14.8. The second-order valence-electron chi connectivity index (χ2n) is 13.6. The fraction of sp³-hybridized carbons (Fsp3) is 0.455. The number of ketones is 1. The number of carbonyl (C=O) groups excluding carboxylic acids is 5. The fourth-order valence-electron chi connectivity index (χ4n) is 4.16. The number of fused-ring (bicyclic) bond motifs is 2. The minimum absolute atomic E-state index is 0.0616. The number of rotatable bonds is 7. The molecular formula is C33H40N2O13. The molecule has 2 aromatic carbocycles. The van der Waals surface area contributed by atoms with Gasteiger partial charge in [0, 0.05) is 17.7 Å². The number of nitrogens with one attached hydrogen (secondary N) is 1. The van der Waals surface area contributed by atoms with Gasteiger partial charge in [0.1, 0.15) is 16.8 Å². The van der Waals surface area contributed by atoms with E-state index in [1.54, 1.807) is 45.0 Å². The van der Waals surface area contributed by atoms with Gasteiger partial charge in [0.05, 0.1) is 11.9 Å². The molecule has 0 bridgehead atoms. The number of ether oxygens (including phenoxy) is 5. The Morgan fingerprint density at radius 3 is 1.73 bits per heavy atom. The highest BCUT2D eigenvalue weighted by Gasteiger charge is 2.41. The van der Waals surface area contributed by atoms with Crippen LogP contribution in [-0.4, -0.2) is 75.6 Å². The standard InChI is InChI=1S/C33H40N2O13/c1-17(36)22-15-20-23(18-13-11-12-14-19(18)24(25(20)43-22)45-30(42)48-33(8,9)10)44-27(39)34-16-21(26(37)38)35(28(40)46-31(2,3)4)29(41)47-32(5,6)7/h11-15,21H,16H2,1-10H3,(H,34,39)(H,37,38). The number of carbonyl (C=O) groups is 6. The predicted octanol–water partition coefficient (Wildman–Crippen LogP) is 6.82. The summed E-state index contributed by atoms with van der Waals surface area (Å²) in [5.74, 6) is -2.52. The molecule has 0 radical (unpaired) electrons. The van der Waals surface area contributed by atoms with Gasteiger partial charge in [-0.05, 0) is 68.4 Å². The zero-order valence-electron chi connectivity index (χ0n) is 28.5. The van der Waals surface area contributed by atoms with E-state index in [0.29, 0.717) is 0 Å². The van der Waals surface area contributed by atoms with Gasteiger partial charge in [-0.3, -0.25) is 4.79 Å². The van der Waals surface area contributed by atoms with E-state index in [1.165, 1.54) is 54.5 Å². The molecule has 1 atom stereocenters. The third-order valence-electron chi connectivity index (χ3n) is 5.93. The molecule has 0 aliphatic rings. The van der Waals surface area contributed by atoms with Crippen molar-refractivity contribution in [3.63, 3.8) is 0 Å². The van der Waals surface area contributed by atoms with Gasteiger partial charge in [-0.25, -0.2) is 24.0 Å². The van der Waals surface area contributed by atoms with Crippen molar-refractivity contribution >= 4 is 57.9 Å². The average Bonchev–Trinajstić information content (AvgIpc) is 3.35. The molecule has 2 N–H and O–H groups in total. The molecule has 0 fully saturated rings. The largest absolute Gasteiger partial charge is 0.514 e. The van der Waals surface area contributed by atoms with E-state index in [4.69, 9.17) is 28.1 Å². The second-order valence-corrected chi connectivity index (χ2v) is 13.6. The van der Waals surface area contributed by atoms with Crippen LogP contribution in [0.25, 0.3) is 21.7 Å². The van der Waals surface area contributed by atoms with Crippen LogP contribution in [0.4, 0.5) is 19.2 Å². The Balaban J connectivity index is 2.02. The Kier molecular flexibility index (Phi) is 10.7. The first-order chi connectivity index (χ1) is 22.0. The fourth-order valence-corrected chi connectivity index (χ4v) is 4.16. The maximum atomic E-state index is 13.2. The number of imide groups is 1. The van der Waals surface area contributed by atoms with Gasteiger partial charge in [-0.15, -0.1) is 0 Å². The zero-order valence-corrected chi connectivity index (χ0v) is 28.5. The first-order valence-corrected chi connectivity index (χ1v) is 14.8. The number of hydrogen-bond acceptors (Lipinski definition) is 12. The summed E-state index contributed by atoms with van der Waals surface area (Å²) in [6, 6.07) is 5.64. The highest BCUT2D eigenvalue weighted by atomic mass is 16.7. The van der Waals surface area contributed by atoms with Gasteiger partial charge >= 0.3 is 30.4 Å². The lowest BCUT2D eigenvalue weighted by molar-refractivity contribution is -0.142. The highest BCUT2D eigenvalue weighted by molar-refractivity contribution is 6.12. The van der Waals surface area contributed by atoms with Crippen LogP contribution in [0.3, 0.4) is 0 Å². The molecular weight excluding hydrogens is 632 g/mol. The predicted molar refractivity (Wildman–Crippen MR) is 170 cm³/mol. The van der Waals surface area contributed by atoms with Gasteiger partial charge in [0.2, 0.25) is 0 Å². The van der Waals surface area contributed by atoms with Gasteiger partial charge in [0.15, 0.2) is 34.7 Å². The molecule has 1 unspecified atom stereocenters. The van der Waals surface area contributed by atoms with Crippen molar-refractivity contribution in [1.82, 2.24) is 10.2 Å². The lowest BCUT2D eigenvalue weighted by atomic mass is 10.1. The quantitative estimate of drug-likeness (QED) is 0.115. The number of hydrogen-bond donors (Lipinski definition) is 2. The van der Waals surface area contributed by atoms with Crippen LogP contribution in [0.5, 0.6) is 11.5 Å². The molecule has 1 aromatic heterocycles. The molecule has 15 nitrogen and oxygen atoms in total. The van der Waals surface area contributed by atoms with E-state index in [1.807, 2.05) is 0 Å². The molecule has 260 valence electrons. The number of amides is 3. The summed E-state index contributed by atoms with van der Waals surface area (Å²) in [6.45, 7) is 14.5. The lowest BCUT2D eigenvalue weighted by Crippen LogP contribution is -2.56. The first kappa shape index (κ1) is 37.1. The molecule has 3 amide bonds. The van der Waals surface area contributed by atoms with Crippen LogP contribution >= 0.6 is 0 Å². The van der Waals surface area contributed by atoms with Crippen molar-refractivity contribution in [2.75, 3.05) is 6.54 Å². The van der Waals surface area contributed by atoms with Crippen LogP contribution in [0.1, 0.15) is 79.8 Å². The third-order valence-corrected chi connectivity index (χ3v) is 5.93. The van der Waals surface area contributed by atoms with E-state index in [2.05, 4.69) is 5.32 Å². The smallest absolute Gasteiger partial charge is 0.480 e. The summed E-state index contributed by atoms with van der Waals surface area (Å²) in [7, 11) is 0. The molecule has 0 aliphatic carbocycles. The average molecular weight is 673 g/mol. The molecule has 3 rings (SSSR count). The van der Waals surface area contributed by atoms with Crippen molar-refractivity contribution in [2.45, 2.75) is 92.1 Å². The highest BCUT2D eigenvalue weighted by Crippen LogP contribution is 2.44. The van der Waals surface area contributed by atoms with Crippen LogP contribution in [0, 0.1) is 0 Å². The Hall–Kier alpha value is -5.34. The summed E-state index contributed by atoms with van der Waals surface area (Å²) >= 11 is 0. The maximum absolute atomic E-state index is 13.2. The number of furan rings is 1. The number of benzene rings is 2. The van der Waals surface area contributed by atoms with E-state index in [9.17, 15) is 33.9 Å². The summed E-state index contributed by atoms with van der Waals surface area (Å²) in [4.78, 5) is 76.8. The van der Waals surface area contributed by atoms with Crippen LogP contribution in [0.15, 0.2) is 34.7 Å². The number of nitrogens with zero attached hydrogens (tertiary/aromatic N) is 1. The van der Waals surface area contributed by atoms with Crippen molar-refractivity contribution in [1.29, 1.82) is 0 Å². The van der Waals surface area contributed by atoms with Crippen molar-refractivity contribution in [3.05, 3.63) is 36.1 Å². The van der Waals surface area contributed by atoms with E-state index >= 15 is 0 Å². The van der Waals surface area contributed by atoms with Crippen molar-refractivity contribution < 1.29 is 62.0 Å². The number of Topliss-reactive ketones (excluding diaryl/α,β-unsaturated/α-hetero) is 1. The Morgan fingerprint density at radius 2 is 1.27 bits per heavy atom. The van der Waals surface area contributed by atoms with Gasteiger partial charge in [-0.2, -0.15) is 4.90 Å². The summed E-state index contributed by atoms with van der Waals surface area (Å²) in [6.07, 6.45) is -4.89. The van der Waals surface area contributed by atoms with Crippen molar-refractivity contribution in [2.24, 2.45) is 0 Å². The minimum atomic E-state index is -1.98. The molecule has 0 saturated carbocycles. The van der Waals surface area contributed by atoms with Crippen LogP contribution < -0.4 is 14.8 Å². The molecule has 48 heavy (non-hydrogen) atoms. The minimum Gasteiger partial charge on any atom is -0.480 e. The molecule has 0 saturated heterocycles. The Bertz CT molecular complexity index is 1730. The van der Waals surface area contributed by atoms with E-state index in [0.717, 1.165) is 0 Å². The van der Waals surface area contributed by atoms with E-state index in [-0.39, 0.29) is 43.9 Å². The molecule has 0 aliphatic heterocycles.